The zero-order valence-electron chi connectivity index (χ0n) is 19.5. The summed E-state index contributed by atoms with van der Waals surface area (Å²) in [5.74, 6) is 1.08. The standard InChI is InChI=1S/C28H23ClN2O4S/c1-34-24-8-4-5-9-25(24)35-15-14-30-18-20(22-6-2-3-7-23(22)30)16-26-27(32)31(28(33)36-26)17-19-10-12-21(29)13-11-19/h2-13,16,18H,14-15,17H2,1H3/b26-16-. The highest BCUT2D eigenvalue weighted by atomic mass is 35.5. The monoisotopic (exact) mass is 518 g/mol. The third kappa shape index (κ3) is 4.98. The number of para-hydroxylation sites is 3. The smallest absolute Gasteiger partial charge is 0.293 e. The molecule has 8 heteroatoms. The number of carbonyl (C=O) groups is 2. The van der Waals surface area contributed by atoms with Crippen molar-refractivity contribution in [2.24, 2.45) is 0 Å². The molecule has 1 aliphatic rings. The van der Waals surface area contributed by atoms with Gasteiger partial charge in [-0.1, -0.05) is 54.1 Å². The van der Waals surface area contributed by atoms with Gasteiger partial charge in [-0.3, -0.25) is 14.5 Å². The first-order valence-electron chi connectivity index (χ1n) is 11.4. The fraction of sp³-hybridized carbons (Fsp3) is 0.143. The van der Waals surface area contributed by atoms with Gasteiger partial charge >= 0.3 is 0 Å². The molecule has 0 aliphatic carbocycles. The lowest BCUT2D eigenvalue weighted by Gasteiger charge is -2.12. The van der Waals surface area contributed by atoms with Crippen LogP contribution in [0.25, 0.3) is 17.0 Å². The van der Waals surface area contributed by atoms with Crippen LogP contribution in [0, 0.1) is 0 Å². The fourth-order valence-electron chi connectivity index (χ4n) is 4.12. The van der Waals surface area contributed by atoms with E-state index in [0.29, 0.717) is 34.6 Å². The number of benzene rings is 3. The third-order valence-electron chi connectivity index (χ3n) is 5.89. The number of thioether (sulfide) groups is 1. The van der Waals surface area contributed by atoms with Crippen LogP contribution in [0.15, 0.2) is 83.9 Å². The molecule has 2 heterocycles. The maximum Gasteiger partial charge on any atom is 0.293 e. The molecule has 4 aromatic rings. The number of nitrogens with zero attached hydrogens (tertiary/aromatic N) is 2. The van der Waals surface area contributed by atoms with Crippen molar-refractivity contribution in [2.75, 3.05) is 13.7 Å². The quantitative estimate of drug-likeness (QED) is 0.245. The van der Waals surface area contributed by atoms with Gasteiger partial charge in [0.05, 0.1) is 25.1 Å². The number of rotatable bonds is 8. The second-order valence-electron chi connectivity index (χ2n) is 8.19. The van der Waals surface area contributed by atoms with Crippen LogP contribution in [-0.4, -0.2) is 34.3 Å². The van der Waals surface area contributed by atoms with Crippen LogP contribution >= 0.6 is 23.4 Å². The summed E-state index contributed by atoms with van der Waals surface area (Å²) in [6, 6.07) is 22.6. The van der Waals surface area contributed by atoms with Gasteiger partial charge in [-0.15, -0.1) is 0 Å². The second kappa shape index (κ2) is 10.5. The molecule has 5 rings (SSSR count). The van der Waals surface area contributed by atoms with Crippen LogP contribution in [0.2, 0.25) is 5.02 Å². The molecule has 36 heavy (non-hydrogen) atoms. The van der Waals surface area contributed by atoms with E-state index in [2.05, 4.69) is 4.57 Å². The summed E-state index contributed by atoms with van der Waals surface area (Å²) in [5, 5.41) is 1.33. The Hall–Kier alpha value is -3.68. The first-order chi connectivity index (χ1) is 17.5. The van der Waals surface area contributed by atoms with E-state index in [4.69, 9.17) is 21.1 Å². The van der Waals surface area contributed by atoms with Crippen LogP contribution in [0.3, 0.4) is 0 Å². The van der Waals surface area contributed by atoms with E-state index >= 15 is 0 Å². The molecule has 0 bridgehead atoms. The molecular weight excluding hydrogens is 496 g/mol. The molecule has 2 amide bonds. The van der Waals surface area contributed by atoms with E-state index in [9.17, 15) is 9.59 Å². The van der Waals surface area contributed by atoms with E-state index in [1.165, 1.54) is 4.90 Å². The number of amides is 2. The zero-order valence-corrected chi connectivity index (χ0v) is 21.1. The lowest BCUT2D eigenvalue weighted by atomic mass is 10.1. The molecule has 0 atom stereocenters. The summed E-state index contributed by atoms with van der Waals surface area (Å²) in [5.41, 5.74) is 2.74. The predicted octanol–water partition coefficient (Wildman–Crippen LogP) is 6.62. The Morgan fingerprint density at radius 2 is 1.67 bits per heavy atom. The van der Waals surface area contributed by atoms with Crippen molar-refractivity contribution in [2.45, 2.75) is 13.1 Å². The van der Waals surface area contributed by atoms with Gasteiger partial charge in [-0.25, -0.2) is 0 Å². The SMILES string of the molecule is COc1ccccc1OCCn1cc(/C=C2\SC(=O)N(Cc3ccc(Cl)cc3)C2=O)c2ccccc21. The van der Waals surface area contributed by atoms with Crippen molar-refractivity contribution in [1.29, 1.82) is 0 Å². The van der Waals surface area contributed by atoms with Crippen LogP contribution in [0.5, 0.6) is 11.5 Å². The van der Waals surface area contributed by atoms with E-state index in [0.717, 1.165) is 33.8 Å². The molecule has 6 nitrogen and oxygen atoms in total. The van der Waals surface area contributed by atoms with Gasteiger partial charge < -0.3 is 14.0 Å². The van der Waals surface area contributed by atoms with E-state index in [1.54, 1.807) is 25.3 Å². The Bertz CT molecular complexity index is 1460. The van der Waals surface area contributed by atoms with Crippen LogP contribution in [0.4, 0.5) is 4.79 Å². The Morgan fingerprint density at radius 1 is 0.944 bits per heavy atom. The lowest BCUT2D eigenvalue weighted by Crippen LogP contribution is -2.27. The van der Waals surface area contributed by atoms with Gasteiger partial charge in [-0.05, 0) is 53.7 Å². The molecule has 0 N–H and O–H groups in total. The van der Waals surface area contributed by atoms with Gasteiger partial charge in [0.2, 0.25) is 0 Å². The Morgan fingerprint density at radius 3 is 2.44 bits per heavy atom. The summed E-state index contributed by atoms with van der Waals surface area (Å²) < 4.78 is 13.4. The average molecular weight is 519 g/mol. The van der Waals surface area contributed by atoms with Crippen molar-refractivity contribution in [1.82, 2.24) is 9.47 Å². The zero-order chi connectivity index (χ0) is 25.1. The minimum Gasteiger partial charge on any atom is -0.493 e. The molecule has 0 radical (unpaired) electrons. The fourth-order valence-corrected chi connectivity index (χ4v) is 5.07. The summed E-state index contributed by atoms with van der Waals surface area (Å²) in [4.78, 5) is 27.4. The van der Waals surface area contributed by atoms with E-state index < -0.39 is 0 Å². The Balaban J connectivity index is 1.35. The molecule has 1 aliphatic heterocycles. The van der Waals surface area contributed by atoms with Crippen molar-refractivity contribution in [3.05, 3.63) is 100 Å². The van der Waals surface area contributed by atoms with E-state index in [1.807, 2.05) is 66.9 Å². The number of hydrogen-bond donors (Lipinski definition) is 0. The molecule has 3 aromatic carbocycles. The lowest BCUT2D eigenvalue weighted by molar-refractivity contribution is -0.123. The maximum atomic E-state index is 13.1. The second-order valence-corrected chi connectivity index (χ2v) is 9.62. The van der Waals surface area contributed by atoms with E-state index in [-0.39, 0.29) is 17.7 Å². The summed E-state index contributed by atoms with van der Waals surface area (Å²) in [6.45, 7) is 1.25. The molecule has 0 saturated carbocycles. The topological polar surface area (TPSA) is 60.8 Å². The minimum absolute atomic E-state index is 0.210. The first kappa shape index (κ1) is 24.0. The van der Waals surface area contributed by atoms with Crippen molar-refractivity contribution < 1.29 is 19.1 Å². The minimum atomic E-state index is -0.295. The molecule has 1 aromatic heterocycles. The third-order valence-corrected chi connectivity index (χ3v) is 7.05. The van der Waals surface area contributed by atoms with Crippen LogP contribution in [-0.2, 0) is 17.9 Å². The molecule has 1 saturated heterocycles. The highest BCUT2D eigenvalue weighted by molar-refractivity contribution is 8.18. The number of hydrogen-bond acceptors (Lipinski definition) is 5. The molecule has 1 fully saturated rings. The van der Waals surface area contributed by atoms with Gasteiger partial charge in [0.1, 0.15) is 6.61 Å². The number of aromatic nitrogens is 1. The van der Waals surface area contributed by atoms with Crippen molar-refractivity contribution in [3.63, 3.8) is 0 Å². The number of ether oxygens (including phenoxy) is 2. The highest BCUT2D eigenvalue weighted by Crippen LogP contribution is 2.35. The molecule has 0 spiro atoms. The van der Waals surface area contributed by atoms with Crippen LogP contribution < -0.4 is 9.47 Å². The van der Waals surface area contributed by atoms with Crippen LogP contribution in [0.1, 0.15) is 11.1 Å². The van der Waals surface area contributed by atoms with Crippen molar-refractivity contribution in [3.8, 4) is 11.5 Å². The van der Waals surface area contributed by atoms with Gasteiger partial charge in [-0.2, -0.15) is 0 Å². The molecular formula is C28H23ClN2O4S. The van der Waals surface area contributed by atoms with Gasteiger partial charge in [0.15, 0.2) is 11.5 Å². The number of fused-ring (bicyclic) bond motifs is 1. The summed E-state index contributed by atoms with van der Waals surface area (Å²) in [7, 11) is 1.62. The summed E-state index contributed by atoms with van der Waals surface area (Å²) in [6.07, 6.45) is 3.79. The number of halogens is 1. The average Bonchev–Trinajstić information content (AvgIpc) is 3.37. The number of carbonyl (C=O) groups excluding carboxylic acids is 2. The first-order valence-corrected chi connectivity index (χ1v) is 12.6. The highest BCUT2D eigenvalue weighted by Gasteiger charge is 2.35. The number of imide groups is 1. The van der Waals surface area contributed by atoms with Crippen molar-refractivity contribution >= 4 is 51.5 Å². The van der Waals surface area contributed by atoms with Gasteiger partial charge in [0, 0.05) is 27.7 Å². The molecule has 0 unspecified atom stereocenters. The Kier molecular flexibility index (Phi) is 7.02. The maximum absolute atomic E-state index is 13.1. The Labute approximate surface area is 218 Å². The normalized spacial score (nSPS) is 14.7. The predicted molar refractivity (Wildman–Crippen MR) is 143 cm³/mol. The molecule has 182 valence electrons. The van der Waals surface area contributed by atoms with Gasteiger partial charge in [0.25, 0.3) is 11.1 Å². The largest absolute Gasteiger partial charge is 0.493 e. The number of methoxy groups -OCH3 is 1. The summed E-state index contributed by atoms with van der Waals surface area (Å²) >= 11 is 6.91.